The Balaban J connectivity index is 2.45. The average molecular weight is 183 g/mol. The second-order valence-corrected chi connectivity index (χ2v) is 3.71. The maximum Gasteiger partial charge on any atom is 0.186 e. The highest BCUT2D eigenvalue weighted by atomic mass is 32.2. The molecule has 4 heteroatoms. The van der Waals surface area contributed by atoms with Crippen LogP contribution in [0.2, 0.25) is 0 Å². The van der Waals surface area contributed by atoms with Crippen LogP contribution in [0.15, 0.2) is 23.1 Å². The molecule has 0 saturated heterocycles. The van der Waals surface area contributed by atoms with Crippen molar-refractivity contribution in [2.75, 3.05) is 11.9 Å². The van der Waals surface area contributed by atoms with Gasteiger partial charge in [-0.15, -0.1) is 0 Å². The number of nitrogens with one attached hydrogen (secondary N) is 1. The molecule has 64 valence electrons. The van der Waals surface area contributed by atoms with Gasteiger partial charge in [0.2, 0.25) is 0 Å². The largest absolute Gasteiger partial charge is 0.384 e. The molecule has 1 aliphatic rings. The molecule has 0 aliphatic carbocycles. The fourth-order valence-electron chi connectivity index (χ4n) is 1.39. The first-order valence-electron chi connectivity index (χ1n) is 3.75. The summed E-state index contributed by atoms with van der Waals surface area (Å²) in [6.07, 6.45) is 0.945. The zero-order valence-corrected chi connectivity index (χ0v) is 7.23. The lowest BCUT2D eigenvalue weighted by Gasteiger charge is -2.00. The van der Waals surface area contributed by atoms with Crippen LogP contribution in [0.4, 0.5) is 5.69 Å². The Bertz CT molecular complexity index is 338. The van der Waals surface area contributed by atoms with E-state index in [0.29, 0.717) is 4.90 Å². The summed E-state index contributed by atoms with van der Waals surface area (Å²) >= 11 is -1.85. The molecule has 0 saturated carbocycles. The lowest BCUT2D eigenvalue weighted by Crippen LogP contribution is -1.91. The number of hydrogen-bond donors (Lipinski definition) is 2. The summed E-state index contributed by atoms with van der Waals surface area (Å²) < 4.78 is 19.5. The van der Waals surface area contributed by atoms with Crippen molar-refractivity contribution in [1.29, 1.82) is 0 Å². The van der Waals surface area contributed by atoms with Gasteiger partial charge in [0.1, 0.15) is 0 Å². The predicted molar refractivity (Wildman–Crippen MR) is 47.7 cm³/mol. The predicted octanol–water partition coefficient (Wildman–Crippen LogP) is 1.24. The third kappa shape index (κ3) is 1.23. The summed E-state index contributed by atoms with van der Waals surface area (Å²) in [6, 6.07) is 5.31. The molecule has 0 bridgehead atoms. The minimum atomic E-state index is -1.85. The molecule has 2 N–H and O–H groups in total. The second kappa shape index (κ2) is 2.88. The summed E-state index contributed by atoms with van der Waals surface area (Å²) in [7, 11) is 0. The van der Waals surface area contributed by atoms with Crippen molar-refractivity contribution in [1.82, 2.24) is 0 Å². The van der Waals surface area contributed by atoms with Gasteiger partial charge >= 0.3 is 0 Å². The standard InChI is InChI=1S/C8H9NO2S/c10-12(11)7-1-2-8-6(5-7)3-4-9-8/h1-2,5,9H,3-4H2,(H,10,11). The van der Waals surface area contributed by atoms with E-state index in [2.05, 4.69) is 5.32 Å². The Morgan fingerprint density at radius 2 is 2.33 bits per heavy atom. The number of hydrogen-bond acceptors (Lipinski definition) is 2. The smallest absolute Gasteiger partial charge is 0.186 e. The van der Waals surface area contributed by atoms with Crippen molar-refractivity contribution >= 4 is 16.8 Å². The van der Waals surface area contributed by atoms with Gasteiger partial charge in [-0.3, -0.25) is 0 Å². The van der Waals surface area contributed by atoms with Gasteiger partial charge in [0.25, 0.3) is 0 Å². The minimum Gasteiger partial charge on any atom is -0.384 e. The van der Waals surface area contributed by atoms with Crippen LogP contribution in [-0.2, 0) is 17.5 Å². The molecular formula is C8H9NO2S. The summed E-state index contributed by atoms with van der Waals surface area (Å²) in [5, 5.41) is 3.19. The van der Waals surface area contributed by atoms with Crippen molar-refractivity contribution in [3.8, 4) is 0 Å². The summed E-state index contributed by atoms with van der Waals surface area (Å²) in [6.45, 7) is 0.927. The van der Waals surface area contributed by atoms with Crippen molar-refractivity contribution in [3.05, 3.63) is 23.8 Å². The molecule has 0 amide bonds. The zero-order chi connectivity index (χ0) is 8.55. The molecule has 0 radical (unpaired) electrons. The van der Waals surface area contributed by atoms with Crippen LogP contribution in [0.3, 0.4) is 0 Å². The normalized spacial score (nSPS) is 16.8. The molecule has 0 fully saturated rings. The van der Waals surface area contributed by atoms with Crippen molar-refractivity contribution in [2.24, 2.45) is 0 Å². The summed E-state index contributed by atoms with van der Waals surface area (Å²) in [4.78, 5) is 0.484. The van der Waals surface area contributed by atoms with Gasteiger partial charge in [-0.25, -0.2) is 4.21 Å². The molecule has 3 nitrogen and oxygen atoms in total. The molecule has 1 atom stereocenters. The first kappa shape index (κ1) is 7.76. The Kier molecular flexibility index (Phi) is 1.86. The molecule has 1 unspecified atom stereocenters. The minimum absolute atomic E-state index is 0.484. The van der Waals surface area contributed by atoms with E-state index in [9.17, 15) is 4.21 Å². The van der Waals surface area contributed by atoms with E-state index in [1.807, 2.05) is 6.07 Å². The van der Waals surface area contributed by atoms with Crippen LogP contribution in [-0.4, -0.2) is 15.3 Å². The van der Waals surface area contributed by atoms with Gasteiger partial charge in [-0.1, -0.05) is 0 Å². The van der Waals surface area contributed by atoms with Gasteiger partial charge in [-0.05, 0) is 30.2 Å². The highest BCUT2D eigenvalue weighted by Crippen LogP contribution is 2.23. The molecule has 2 rings (SSSR count). The van der Waals surface area contributed by atoms with E-state index in [4.69, 9.17) is 4.55 Å². The fourth-order valence-corrected chi connectivity index (χ4v) is 1.82. The summed E-state index contributed by atoms with van der Waals surface area (Å²) in [5.74, 6) is 0. The van der Waals surface area contributed by atoms with Crippen LogP contribution in [0.1, 0.15) is 5.56 Å². The van der Waals surface area contributed by atoms with Crippen LogP contribution in [0, 0.1) is 0 Å². The molecule has 1 aromatic rings. The number of rotatable bonds is 1. The zero-order valence-electron chi connectivity index (χ0n) is 6.41. The van der Waals surface area contributed by atoms with Crippen LogP contribution in [0.5, 0.6) is 0 Å². The first-order chi connectivity index (χ1) is 5.77. The van der Waals surface area contributed by atoms with E-state index < -0.39 is 11.1 Å². The van der Waals surface area contributed by atoms with Gasteiger partial charge in [0, 0.05) is 12.2 Å². The number of benzene rings is 1. The number of anilines is 1. The molecular weight excluding hydrogens is 174 g/mol. The maximum absolute atomic E-state index is 10.7. The summed E-state index contributed by atoms with van der Waals surface area (Å²) in [5.41, 5.74) is 2.22. The van der Waals surface area contributed by atoms with E-state index in [1.165, 1.54) is 0 Å². The quantitative estimate of drug-likeness (QED) is 0.644. The second-order valence-electron chi connectivity index (χ2n) is 2.74. The molecule has 12 heavy (non-hydrogen) atoms. The van der Waals surface area contributed by atoms with E-state index in [1.54, 1.807) is 12.1 Å². The van der Waals surface area contributed by atoms with Crippen molar-refractivity contribution < 1.29 is 8.76 Å². The SMILES string of the molecule is O=S(O)c1ccc2c(c1)CCN2. The average Bonchev–Trinajstić information content (AvgIpc) is 2.49. The van der Waals surface area contributed by atoms with E-state index in [-0.39, 0.29) is 0 Å². The Morgan fingerprint density at radius 1 is 1.50 bits per heavy atom. The van der Waals surface area contributed by atoms with Crippen molar-refractivity contribution in [2.45, 2.75) is 11.3 Å². The topological polar surface area (TPSA) is 49.3 Å². The lowest BCUT2D eigenvalue weighted by atomic mass is 10.2. The molecule has 1 heterocycles. The number of fused-ring (bicyclic) bond motifs is 1. The van der Waals surface area contributed by atoms with Gasteiger partial charge < -0.3 is 9.87 Å². The molecule has 1 aliphatic heterocycles. The van der Waals surface area contributed by atoms with E-state index >= 15 is 0 Å². The fraction of sp³-hybridized carbons (Fsp3) is 0.250. The third-order valence-corrected chi connectivity index (χ3v) is 2.65. The maximum atomic E-state index is 10.7. The molecule has 0 aromatic heterocycles. The van der Waals surface area contributed by atoms with Crippen molar-refractivity contribution in [3.63, 3.8) is 0 Å². The van der Waals surface area contributed by atoms with E-state index in [0.717, 1.165) is 24.2 Å². The molecule has 1 aromatic carbocycles. The highest BCUT2D eigenvalue weighted by Gasteiger charge is 2.11. The Hall–Kier alpha value is -0.870. The van der Waals surface area contributed by atoms with Crippen LogP contribution < -0.4 is 5.32 Å². The van der Waals surface area contributed by atoms with Gasteiger partial charge in [0.05, 0.1) is 4.90 Å². The monoisotopic (exact) mass is 183 g/mol. The van der Waals surface area contributed by atoms with Gasteiger partial charge in [0.15, 0.2) is 11.1 Å². The van der Waals surface area contributed by atoms with Crippen LogP contribution in [0.25, 0.3) is 0 Å². The Labute approximate surface area is 73.1 Å². The third-order valence-electron chi connectivity index (χ3n) is 1.99. The molecule has 0 spiro atoms. The lowest BCUT2D eigenvalue weighted by molar-refractivity contribution is 0.564. The van der Waals surface area contributed by atoms with Crippen LogP contribution >= 0.6 is 0 Å². The first-order valence-corrected chi connectivity index (χ1v) is 4.86. The highest BCUT2D eigenvalue weighted by molar-refractivity contribution is 7.79. The Morgan fingerprint density at radius 3 is 3.08 bits per heavy atom. The van der Waals surface area contributed by atoms with Gasteiger partial charge in [-0.2, -0.15) is 0 Å².